The summed E-state index contributed by atoms with van der Waals surface area (Å²) in [6, 6.07) is 7.98. The third-order valence-corrected chi connectivity index (χ3v) is 3.42. The van der Waals surface area contributed by atoms with Crippen LogP contribution in [0, 0.1) is 13.8 Å². The van der Waals surface area contributed by atoms with Crippen LogP contribution in [0.3, 0.4) is 0 Å². The molecule has 2 nitrogen and oxygen atoms in total. The van der Waals surface area contributed by atoms with Gasteiger partial charge in [-0.1, -0.05) is 17.7 Å². The van der Waals surface area contributed by atoms with Crippen molar-refractivity contribution >= 4 is 17.6 Å². The van der Waals surface area contributed by atoms with E-state index in [4.69, 9.17) is 4.74 Å². The van der Waals surface area contributed by atoms with Gasteiger partial charge in [-0.2, -0.15) is 0 Å². The van der Waals surface area contributed by atoms with Crippen molar-refractivity contribution in [1.29, 1.82) is 0 Å². The molecule has 2 rings (SSSR count). The maximum absolute atomic E-state index is 10.6. The molecule has 0 radical (unpaired) electrons. The number of benzene rings is 1. The van der Waals surface area contributed by atoms with Crippen LogP contribution in [0.4, 0.5) is 0 Å². The molecule has 0 aliphatic rings. The quantitative estimate of drug-likeness (QED) is 0.768. The number of carbonyl (C=O) groups excluding carboxylic acids is 1. The van der Waals surface area contributed by atoms with E-state index < -0.39 is 0 Å². The number of hydrogen-bond acceptors (Lipinski definition) is 3. The van der Waals surface area contributed by atoms with E-state index in [0.717, 1.165) is 28.0 Å². The summed E-state index contributed by atoms with van der Waals surface area (Å²) in [5.41, 5.74) is 3.40. The van der Waals surface area contributed by atoms with E-state index in [0.29, 0.717) is 6.61 Å². The Balaban J connectivity index is 2.04. The lowest BCUT2D eigenvalue weighted by Gasteiger charge is -2.08. The second kappa shape index (κ2) is 5.15. The Morgan fingerprint density at radius 1 is 1.29 bits per heavy atom. The second-order valence-electron chi connectivity index (χ2n) is 4.03. The Bertz CT molecular complexity index is 529. The highest BCUT2D eigenvalue weighted by atomic mass is 32.1. The van der Waals surface area contributed by atoms with Gasteiger partial charge < -0.3 is 4.74 Å². The number of ether oxygens (including phenoxy) is 1. The number of aldehydes is 1. The van der Waals surface area contributed by atoms with Crippen LogP contribution in [0.5, 0.6) is 5.75 Å². The Morgan fingerprint density at radius 3 is 2.76 bits per heavy atom. The average molecular weight is 246 g/mol. The molecule has 0 unspecified atom stereocenters. The van der Waals surface area contributed by atoms with Gasteiger partial charge in [-0.05, 0) is 36.9 Å². The molecule has 1 aromatic carbocycles. The molecule has 3 heteroatoms. The van der Waals surface area contributed by atoms with Crippen LogP contribution in [0.1, 0.15) is 26.4 Å². The SMILES string of the molecule is Cc1ccc(OCc2csc(C=O)c2)c(C)c1. The van der Waals surface area contributed by atoms with Crippen LogP contribution >= 0.6 is 11.3 Å². The first-order valence-electron chi connectivity index (χ1n) is 5.41. The van der Waals surface area contributed by atoms with Gasteiger partial charge in [-0.3, -0.25) is 4.79 Å². The Labute approximate surface area is 105 Å². The minimum absolute atomic E-state index is 0.508. The third kappa shape index (κ3) is 2.94. The monoisotopic (exact) mass is 246 g/mol. The molecule has 0 saturated carbocycles. The van der Waals surface area contributed by atoms with Crippen molar-refractivity contribution in [2.75, 3.05) is 0 Å². The first-order chi connectivity index (χ1) is 8.19. The molecule has 1 aromatic heterocycles. The first-order valence-corrected chi connectivity index (χ1v) is 6.29. The Morgan fingerprint density at radius 2 is 2.12 bits per heavy atom. The minimum Gasteiger partial charge on any atom is -0.489 e. The summed E-state index contributed by atoms with van der Waals surface area (Å²) in [5.74, 6) is 0.898. The van der Waals surface area contributed by atoms with Gasteiger partial charge in [0.15, 0.2) is 6.29 Å². The maximum Gasteiger partial charge on any atom is 0.160 e. The van der Waals surface area contributed by atoms with Gasteiger partial charge in [0.05, 0.1) is 4.88 Å². The fourth-order valence-electron chi connectivity index (χ4n) is 1.65. The van der Waals surface area contributed by atoms with E-state index in [1.807, 2.05) is 30.5 Å². The van der Waals surface area contributed by atoms with Crippen LogP contribution in [0.15, 0.2) is 29.6 Å². The molecule has 0 aliphatic heterocycles. The van der Waals surface area contributed by atoms with Crippen LogP contribution in [-0.4, -0.2) is 6.29 Å². The molecule has 0 amide bonds. The van der Waals surface area contributed by atoms with Crippen LogP contribution in [0.2, 0.25) is 0 Å². The van der Waals surface area contributed by atoms with E-state index in [1.165, 1.54) is 16.9 Å². The summed E-state index contributed by atoms with van der Waals surface area (Å²) in [6.45, 7) is 4.60. The standard InChI is InChI=1S/C14H14O2S/c1-10-3-4-14(11(2)5-10)16-8-12-6-13(7-15)17-9-12/h3-7,9H,8H2,1-2H3. The van der Waals surface area contributed by atoms with Gasteiger partial charge in [0.1, 0.15) is 12.4 Å². The van der Waals surface area contributed by atoms with Crippen molar-refractivity contribution in [2.45, 2.75) is 20.5 Å². The Kier molecular flexibility index (Phi) is 3.59. The fourth-order valence-corrected chi connectivity index (χ4v) is 2.35. The third-order valence-electron chi connectivity index (χ3n) is 2.51. The summed E-state index contributed by atoms with van der Waals surface area (Å²) in [4.78, 5) is 11.3. The van der Waals surface area contributed by atoms with Crippen LogP contribution < -0.4 is 4.74 Å². The molecule has 88 valence electrons. The minimum atomic E-state index is 0.508. The lowest BCUT2D eigenvalue weighted by Crippen LogP contribution is -1.95. The number of rotatable bonds is 4. The predicted molar refractivity (Wildman–Crippen MR) is 70.0 cm³/mol. The second-order valence-corrected chi connectivity index (χ2v) is 4.98. The predicted octanol–water partition coefficient (Wildman–Crippen LogP) is 3.76. The van der Waals surface area contributed by atoms with Crippen molar-refractivity contribution in [3.8, 4) is 5.75 Å². The highest BCUT2D eigenvalue weighted by molar-refractivity contribution is 7.11. The molecular formula is C14H14O2S. The summed E-state index contributed by atoms with van der Waals surface area (Å²) in [5, 5.41) is 1.95. The lowest BCUT2D eigenvalue weighted by molar-refractivity contribution is 0.112. The summed E-state index contributed by atoms with van der Waals surface area (Å²) in [6.07, 6.45) is 0.866. The van der Waals surface area contributed by atoms with E-state index in [9.17, 15) is 4.79 Å². The topological polar surface area (TPSA) is 26.3 Å². The first kappa shape index (κ1) is 11.9. The molecule has 2 aromatic rings. The van der Waals surface area contributed by atoms with Gasteiger partial charge in [-0.25, -0.2) is 0 Å². The average Bonchev–Trinajstić information content (AvgIpc) is 2.76. The highest BCUT2D eigenvalue weighted by Gasteiger charge is 2.02. The molecule has 0 spiro atoms. The van der Waals surface area contributed by atoms with Crippen molar-refractivity contribution < 1.29 is 9.53 Å². The van der Waals surface area contributed by atoms with Crippen LogP contribution in [0.25, 0.3) is 0 Å². The van der Waals surface area contributed by atoms with Gasteiger partial charge in [0, 0.05) is 5.56 Å². The number of carbonyl (C=O) groups is 1. The number of thiophene rings is 1. The molecule has 0 atom stereocenters. The van der Waals surface area contributed by atoms with Crippen molar-refractivity contribution in [1.82, 2.24) is 0 Å². The molecule has 0 saturated heterocycles. The van der Waals surface area contributed by atoms with Crippen LogP contribution in [-0.2, 0) is 6.61 Å². The molecule has 0 aliphatic carbocycles. The van der Waals surface area contributed by atoms with E-state index in [1.54, 1.807) is 0 Å². The molecular weight excluding hydrogens is 232 g/mol. The van der Waals surface area contributed by atoms with Crippen molar-refractivity contribution in [3.05, 3.63) is 51.2 Å². The number of aryl methyl sites for hydroxylation is 2. The summed E-state index contributed by atoms with van der Waals surface area (Å²) in [7, 11) is 0. The van der Waals surface area contributed by atoms with E-state index in [-0.39, 0.29) is 0 Å². The Hall–Kier alpha value is -1.61. The van der Waals surface area contributed by atoms with Crippen molar-refractivity contribution in [2.24, 2.45) is 0 Å². The fraction of sp³-hybridized carbons (Fsp3) is 0.214. The van der Waals surface area contributed by atoms with Crippen molar-refractivity contribution in [3.63, 3.8) is 0 Å². The lowest BCUT2D eigenvalue weighted by atomic mass is 10.1. The number of hydrogen-bond donors (Lipinski definition) is 0. The highest BCUT2D eigenvalue weighted by Crippen LogP contribution is 2.21. The molecule has 0 bridgehead atoms. The van der Waals surface area contributed by atoms with Gasteiger partial charge in [-0.15, -0.1) is 11.3 Å². The normalized spacial score (nSPS) is 10.2. The molecule has 0 fully saturated rings. The molecule has 17 heavy (non-hydrogen) atoms. The van der Waals surface area contributed by atoms with E-state index >= 15 is 0 Å². The smallest absolute Gasteiger partial charge is 0.160 e. The molecule has 1 heterocycles. The van der Waals surface area contributed by atoms with Gasteiger partial charge >= 0.3 is 0 Å². The van der Waals surface area contributed by atoms with Gasteiger partial charge in [0.2, 0.25) is 0 Å². The summed E-state index contributed by atoms with van der Waals surface area (Å²) >= 11 is 1.44. The van der Waals surface area contributed by atoms with E-state index in [2.05, 4.69) is 13.0 Å². The zero-order valence-corrected chi connectivity index (χ0v) is 10.7. The zero-order chi connectivity index (χ0) is 12.3. The molecule has 0 N–H and O–H groups in total. The zero-order valence-electron chi connectivity index (χ0n) is 9.90. The summed E-state index contributed by atoms with van der Waals surface area (Å²) < 4.78 is 5.73. The largest absolute Gasteiger partial charge is 0.489 e. The van der Waals surface area contributed by atoms with Gasteiger partial charge in [0.25, 0.3) is 0 Å². The maximum atomic E-state index is 10.6.